The van der Waals surface area contributed by atoms with E-state index in [9.17, 15) is 0 Å². The van der Waals surface area contributed by atoms with Crippen molar-refractivity contribution < 1.29 is 0 Å². The number of imidazole rings is 1. The lowest BCUT2D eigenvalue weighted by molar-refractivity contribution is 0.724. The Balaban J connectivity index is 2.02. The Kier molecular flexibility index (Phi) is 4.07. The van der Waals surface area contributed by atoms with E-state index in [-0.39, 0.29) is 0 Å². The maximum atomic E-state index is 5.89. The number of nitrogens with two attached hydrogens (primary N) is 1. The molecule has 0 fully saturated rings. The summed E-state index contributed by atoms with van der Waals surface area (Å²) in [6.45, 7) is 4.21. The van der Waals surface area contributed by atoms with Crippen molar-refractivity contribution in [3.05, 3.63) is 35.8 Å². The van der Waals surface area contributed by atoms with Gasteiger partial charge in [-0.25, -0.2) is 4.98 Å². The summed E-state index contributed by atoms with van der Waals surface area (Å²) >= 11 is 1.86. The third-order valence-electron chi connectivity index (χ3n) is 2.83. The number of thioether (sulfide) groups is 1. The minimum atomic E-state index is 0.304. The second-order valence-corrected chi connectivity index (χ2v) is 5.37. The van der Waals surface area contributed by atoms with Crippen molar-refractivity contribution >= 4 is 17.4 Å². The van der Waals surface area contributed by atoms with Crippen LogP contribution >= 0.6 is 11.8 Å². The van der Waals surface area contributed by atoms with Gasteiger partial charge in [-0.1, -0.05) is 13.0 Å². The first-order valence-corrected chi connectivity index (χ1v) is 7.12. The Bertz CT molecular complexity index is 492. The molecule has 17 heavy (non-hydrogen) atoms. The van der Waals surface area contributed by atoms with Crippen LogP contribution in [-0.2, 0) is 5.75 Å². The standard InChI is InChI=1S/C13H19N3S/c1-3-11(14)8-17-9-12-7-16-6-4-5-10(2)13(16)15-12/h4-7,11H,3,8-9,14H2,1-2H3. The molecule has 2 aromatic heterocycles. The van der Waals surface area contributed by atoms with Crippen molar-refractivity contribution in [3.8, 4) is 0 Å². The Morgan fingerprint density at radius 1 is 1.53 bits per heavy atom. The Morgan fingerprint density at radius 3 is 3.06 bits per heavy atom. The maximum Gasteiger partial charge on any atom is 0.139 e. The average molecular weight is 249 g/mol. The van der Waals surface area contributed by atoms with E-state index in [0.717, 1.165) is 29.3 Å². The van der Waals surface area contributed by atoms with E-state index in [1.165, 1.54) is 5.56 Å². The second-order valence-electron chi connectivity index (χ2n) is 4.34. The SMILES string of the molecule is CCC(N)CSCc1cn2cccc(C)c2n1. The number of aryl methyl sites for hydroxylation is 1. The molecule has 1 unspecified atom stereocenters. The quantitative estimate of drug-likeness (QED) is 0.886. The normalized spacial score (nSPS) is 13.1. The molecule has 0 amide bonds. The van der Waals surface area contributed by atoms with E-state index in [1.54, 1.807) is 0 Å². The fraction of sp³-hybridized carbons (Fsp3) is 0.462. The highest BCUT2D eigenvalue weighted by Gasteiger charge is 2.05. The van der Waals surface area contributed by atoms with Crippen LogP contribution in [0.2, 0.25) is 0 Å². The molecular weight excluding hydrogens is 230 g/mol. The van der Waals surface area contributed by atoms with Crippen LogP contribution in [0.3, 0.4) is 0 Å². The zero-order valence-corrected chi connectivity index (χ0v) is 11.2. The number of pyridine rings is 1. The number of aromatic nitrogens is 2. The molecule has 2 aromatic rings. The van der Waals surface area contributed by atoms with Crippen molar-refractivity contribution in [2.24, 2.45) is 5.73 Å². The maximum absolute atomic E-state index is 5.89. The summed E-state index contributed by atoms with van der Waals surface area (Å²) in [7, 11) is 0. The zero-order chi connectivity index (χ0) is 12.3. The van der Waals surface area contributed by atoms with E-state index >= 15 is 0 Å². The van der Waals surface area contributed by atoms with Crippen molar-refractivity contribution in [1.82, 2.24) is 9.38 Å². The molecule has 0 aliphatic rings. The molecule has 0 spiro atoms. The predicted octanol–water partition coefficient (Wildman–Crippen LogP) is 2.61. The van der Waals surface area contributed by atoms with Gasteiger partial charge in [0.05, 0.1) is 5.69 Å². The van der Waals surface area contributed by atoms with Gasteiger partial charge in [0.25, 0.3) is 0 Å². The lowest BCUT2D eigenvalue weighted by Crippen LogP contribution is -2.21. The Morgan fingerprint density at radius 2 is 2.35 bits per heavy atom. The summed E-state index contributed by atoms with van der Waals surface area (Å²) in [5, 5.41) is 0. The average Bonchev–Trinajstić information content (AvgIpc) is 2.73. The van der Waals surface area contributed by atoms with Gasteiger partial charge < -0.3 is 10.1 Å². The molecule has 3 nitrogen and oxygen atoms in total. The summed E-state index contributed by atoms with van der Waals surface area (Å²) in [6.07, 6.45) is 5.19. The molecule has 0 saturated carbocycles. The molecule has 92 valence electrons. The third kappa shape index (κ3) is 3.01. The first kappa shape index (κ1) is 12.5. The number of nitrogens with zero attached hydrogens (tertiary/aromatic N) is 2. The van der Waals surface area contributed by atoms with Crippen molar-refractivity contribution in [2.45, 2.75) is 32.1 Å². The van der Waals surface area contributed by atoms with Gasteiger partial charge >= 0.3 is 0 Å². The number of rotatable bonds is 5. The van der Waals surface area contributed by atoms with Crippen molar-refractivity contribution in [3.63, 3.8) is 0 Å². The molecule has 0 aromatic carbocycles. The van der Waals surface area contributed by atoms with E-state index in [2.05, 4.69) is 35.5 Å². The van der Waals surface area contributed by atoms with Crippen LogP contribution in [0.15, 0.2) is 24.5 Å². The third-order valence-corrected chi connectivity index (χ3v) is 4.00. The van der Waals surface area contributed by atoms with Crippen molar-refractivity contribution in [2.75, 3.05) is 5.75 Å². The molecule has 2 rings (SSSR count). The molecule has 1 atom stereocenters. The molecule has 0 radical (unpaired) electrons. The van der Waals surface area contributed by atoms with Gasteiger partial charge in [-0.3, -0.25) is 0 Å². The molecular formula is C13H19N3S. The number of hydrogen-bond acceptors (Lipinski definition) is 3. The smallest absolute Gasteiger partial charge is 0.139 e. The topological polar surface area (TPSA) is 43.3 Å². The molecule has 4 heteroatoms. The Labute approximate surface area is 106 Å². The minimum Gasteiger partial charge on any atom is -0.327 e. The summed E-state index contributed by atoms with van der Waals surface area (Å²) in [6, 6.07) is 4.44. The first-order valence-electron chi connectivity index (χ1n) is 5.97. The largest absolute Gasteiger partial charge is 0.327 e. The van der Waals surface area contributed by atoms with Crippen LogP contribution in [0, 0.1) is 6.92 Å². The van der Waals surface area contributed by atoms with E-state index in [4.69, 9.17) is 5.73 Å². The molecule has 0 bridgehead atoms. The molecule has 2 N–H and O–H groups in total. The van der Waals surface area contributed by atoms with E-state index in [1.807, 2.05) is 24.0 Å². The number of fused-ring (bicyclic) bond motifs is 1. The van der Waals surface area contributed by atoms with Crippen LogP contribution in [-0.4, -0.2) is 21.2 Å². The van der Waals surface area contributed by atoms with Gasteiger partial charge in [0.15, 0.2) is 0 Å². The minimum absolute atomic E-state index is 0.304. The first-order chi connectivity index (χ1) is 8.20. The van der Waals surface area contributed by atoms with E-state index < -0.39 is 0 Å². The summed E-state index contributed by atoms with van der Waals surface area (Å²) in [5.41, 5.74) is 9.30. The van der Waals surface area contributed by atoms with Gasteiger partial charge in [-0.05, 0) is 25.0 Å². The monoisotopic (exact) mass is 249 g/mol. The summed E-state index contributed by atoms with van der Waals surface area (Å²) in [4.78, 5) is 4.64. The number of hydrogen-bond donors (Lipinski definition) is 1. The highest BCUT2D eigenvalue weighted by Crippen LogP contribution is 2.15. The van der Waals surface area contributed by atoms with Crippen LogP contribution in [0.4, 0.5) is 0 Å². The van der Waals surface area contributed by atoms with Crippen LogP contribution in [0.5, 0.6) is 0 Å². The molecule has 0 aliphatic carbocycles. The van der Waals surface area contributed by atoms with Crippen LogP contribution < -0.4 is 5.73 Å². The summed E-state index contributed by atoms with van der Waals surface area (Å²) < 4.78 is 2.09. The fourth-order valence-corrected chi connectivity index (χ4v) is 2.71. The molecule has 2 heterocycles. The highest BCUT2D eigenvalue weighted by atomic mass is 32.2. The van der Waals surface area contributed by atoms with Crippen molar-refractivity contribution in [1.29, 1.82) is 0 Å². The summed E-state index contributed by atoms with van der Waals surface area (Å²) in [5.74, 6) is 1.94. The highest BCUT2D eigenvalue weighted by molar-refractivity contribution is 7.98. The predicted molar refractivity (Wildman–Crippen MR) is 74.4 cm³/mol. The lowest BCUT2D eigenvalue weighted by atomic mass is 10.3. The molecule has 0 saturated heterocycles. The van der Waals surface area contributed by atoms with E-state index in [0.29, 0.717) is 6.04 Å². The fourth-order valence-electron chi connectivity index (χ4n) is 1.71. The van der Waals surface area contributed by atoms with Gasteiger partial charge in [-0.2, -0.15) is 11.8 Å². The van der Waals surface area contributed by atoms with Gasteiger partial charge in [0, 0.05) is 29.9 Å². The van der Waals surface area contributed by atoms with Crippen LogP contribution in [0.25, 0.3) is 5.65 Å². The molecule has 0 aliphatic heterocycles. The zero-order valence-electron chi connectivity index (χ0n) is 10.4. The second kappa shape index (κ2) is 5.56. The lowest BCUT2D eigenvalue weighted by Gasteiger charge is -2.06. The van der Waals surface area contributed by atoms with Crippen LogP contribution in [0.1, 0.15) is 24.6 Å². The van der Waals surface area contributed by atoms with Gasteiger partial charge in [0.2, 0.25) is 0 Å². The van der Waals surface area contributed by atoms with Gasteiger partial charge in [0.1, 0.15) is 5.65 Å². The Hall–Kier alpha value is -1.00. The van der Waals surface area contributed by atoms with Gasteiger partial charge in [-0.15, -0.1) is 0 Å².